The van der Waals surface area contributed by atoms with Gasteiger partial charge in [0.25, 0.3) is 5.56 Å². The fraction of sp³-hybridized carbons (Fsp3) is 0.235. The van der Waals surface area contributed by atoms with E-state index in [1.165, 1.54) is 13.1 Å². The van der Waals surface area contributed by atoms with Gasteiger partial charge in [-0.2, -0.15) is 5.10 Å². The first-order chi connectivity index (χ1) is 11.0. The minimum absolute atomic E-state index is 0.367. The topological polar surface area (TPSA) is 70.5 Å². The molecule has 6 heteroatoms. The molecule has 0 saturated carbocycles. The lowest BCUT2D eigenvalue weighted by Gasteiger charge is -2.16. The van der Waals surface area contributed by atoms with Crippen LogP contribution in [0.5, 0.6) is 0 Å². The Hall–Kier alpha value is -2.89. The second-order valence-corrected chi connectivity index (χ2v) is 5.12. The predicted octanol–water partition coefficient (Wildman–Crippen LogP) is 1.99. The summed E-state index contributed by atoms with van der Waals surface area (Å²) in [6, 6.07) is 11.3. The molecule has 2 rings (SSSR count). The molecule has 0 bridgehead atoms. The molecular formula is C17H20N4O2. The lowest BCUT2D eigenvalue weighted by atomic mass is 10.1. The number of allylic oxidation sites excluding steroid dienone is 1. The van der Waals surface area contributed by atoms with E-state index in [4.69, 9.17) is 0 Å². The van der Waals surface area contributed by atoms with Gasteiger partial charge in [0.2, 0.25) is 0 Å². The molecule has 6 nitrogen and oxygen atoms in total. The van der Waals surface area contributed by atoms with Gasteiger partial charge in [-0.05, 0) is 25.0 Å². The van der Waals surface area contributed by atoms with Gasteiger partial charge in [-0.15, -0.1) is 0 Å². The molecule has 0 amide bonds. The van der Waals surface area contributed by atoms with Crippen molar-refractivity contribution in [3.05, 3.63) is 68.4 Å². The SMILES string of the molecule is CCN(/N=C\C(C)=C/c1ccccc1)c1cc(=O)n(C)c(=O)[nH]1. The van der Waals surface area contributed by atoms with Gasteiger partial charge in [-0.3, -0.25) is 14.3 Å². The standard InChI is InChI=1S/C17H20N4O2/c1-4-21(15-11-16(22)20(3)17(23)19-15)18-12-13(2)10-14-8-6-5-7-9-14/h5-12H,4H2,1-3H3,(H,19,23)/b13-10-,18-12-. The summed E-state index contributed by atoms with van der Waals surface area (Å²) in [4.78, 5) is 26.0. The van der Waals surface area contributed by atoms with Crippen molar-refractivity contribution < 1.29 is 0 Å². The van der Waals surface area contributed by atoms with E-state index in [-0.39, 0.29) is 5.56 Å². The Kier molecular flexibility index (Phi) is 5.30. The second kappa shape index (κ2) is 7.40. The Bertz CT molecular complexity index is 800. The van der Waals surface area contributed by atoms with Gasteiger partial charge in [0, 0.05) is 19.7 Å². The molecule has 1 aromatic carbocycles. The van der Waals surface area contributed by atoms with Crippen molar-refractivity contribution >= 4 is 18.1 Å². The number of aromatic amines is 1. The van der Waals surface area contributed by atoms with Crippen molar-refractivity contribution in [3.63, 3.8) is 0 Å². The van der Waals surface area contributed by atoms with Gasteiger partial charge in [0.15, 0.2) is 0 Å². The van der Waals surface area contributed by atoms with Crippen LogP contribution in [0.25, 0.3) is 6.08 Å². The fourth-order valence-corrected chi connectivity index (χ4v) is 2.01. The zero-order valence-corrected chi connectivity index (χ0v) is 13.5. The Morgan fingerprint density at radius 2 is 2.00 bits per heavy atom. The Labute approximate surface area is 134 Å². The van der Waals surface area contributed by atoms with Crippen molar-refractivity contribution in [2.24, 2.45) is 12.1 Å². The average molecular weight is 312 g/mol. The van der Waals surface area contributed by atoms with E-state index in [0.717, 1.165) is 15.7 Å². The summed E-state index contributed by atoms with van der Waals surface area (Å²) in [6.45, 7) is 4.36. The molecule has 1 N–H and O–H groups in total. The Morgan fingerprint density at radius 1 is 1.30 bits per heavy atom. The van der Waals surface area contributed by atoms with Crippen LogP contribution in [0.4, 0.5) is 5.82 Å². The largest absolute Gasteiger partial charge is 0.329 e. The third kappa shape index (κ3) is 4.29. The van der Waals surface area contributed by atoms with E-state index in [2.05, 4.69) is 10.1 Å². The summed E-state index contributed by atoms with van der Waals surface area (Å²) >= 11 is 0. The quantitative estimate of drug-likeness (QED) is 0.678. The molecule has 1 aromatic heterocycles. The lowest BCUT2D eigenvalue weighted by Crippen LogP contribution is -2.34. The maximum absolute atomic E-state index is 11.7. The monoisotopic (exact) mass is 312 g/mol. The molecule has 0 atom stereocenters. The molecule has 0 spiro atoms. The maximum atomic E-state index is 11.7. The summed E-state index contributed by atoms with van der Waals surface area (Å²) < 4.78 is 1.02. The smallest absolute Gasteiger partial charge is 0.292 e. The van der Waals surface area contributed by atoms with E-state index < -0.39 is 5.69 Å². The molecule has 0 aliphatic heterocycles. The van der Waals surface area contributed by atoms with Gasteiger partial charge < -0.3 is 0 Å². The summed E-state index contributed by atoms with van der Waals surface area (Å²) in [7, 11) is 1.43. The molecule has 120 valence electrons. The predicted molar refractivity (Wildman–Crippen MR) is 93.9 cm³/mol. The van der Waals surface area contributed by atoms with E-state index in [0.29, 0.717) is 12.4 Å². The van der Waals surface area contributed by atoms with Crippen LogP contribution in [0, 0.1) is 0 Å². The van der Waals surface area contributed by atoms with Crippen LogP contribution < -0.4 is 16.3 Å². The normalized spacial score (nSPS) is 11.9. The number of aromatic nitrogens is 2. The van der Waals surface area contributed by atoms with Gasteiger partial charge in [0.1, 0.15) is 5.82 Å². The van der Waals surface area contributed by atoms with Crippen molar-refractivity contribution in [3.8, 4) is 0 Å². The Morgan fingerprint density at radius 3 is 2.61 bits per heavy atom. The van der Waals surface area contributed by atoms with Crippen LogP contribution in [-0.4, -0.2) is 22.3 Å². The highest BCUT2D eigenvalue weighted by molar-refractivity contribution is 5.85. The maximum Gasteiger partial charge on any atom is 0.329 e. The van der Waals surface area contributed by atoms with Crippen LogP contribution in [0.15, 0.2) is 56.7 Å². The van der Waals surface area contributed by atoms with Crippen molar-refractivity contribution in [2.45, 2.75) is 13.8 Å². The number of nitrogens with zero attached hydrogens (tertiary/aromatic N) is 3. The molecule has 0 saturated heterocycles. The number of nitrogens with one attached hydrogen (secondary N) is 1. The zero-order chi connectivity index (χ0) is 16.8. The zero-order valence-electron chi connectivity index (χ0n) is 13.5. The van der Waals surface area contributed by atoms with E-state index in [1.54, 1.807) is 11.2 Å². The molecule has 0 aliphatic carbocycles. The third-order valence-corrected chi connectivity index (χ3v) is 3.30. The fourth-order valence-electron chi connectivity index (χ4n) is 2.01. The number of hydrogen-bond acceptors (Lipinski definition) is 4. The van der Waals surface area contributed by atoms with Crippen LogP contribution in [0.1, 0.15) is 19.4 Å². The van der Waals surface area contributed by atoms with Gasteiger partial charge in [-0.25, -0.2) is 9.80 Å². The van der Waals surface area contributed by atoms with Crippen LogP contribution in [0.2, 0.25) is 0 Å². The molecule has 0 unspecified atom stereocenters. The van der Waals surface area contributed by atoms with Gasteiger partial charge >= 0.3 is 5.69 Å². The minimum atomic E-state index is -0.460. The van der Waals surface area contributed by atoms with Crippen molar-refractivity contribution in [1.29, 1.82) is 0 Å². The molecule has 0 fully saturated rings. The summed E-state index contributed by atoms with van der Waals surface area (Å²) in [6.07, 6.45) is 3.70. The molecule has 0 radical (unpaired) electrons. The van der Waals surface area contributed by atoms with E-state index in [1.807, 2.05) is 50.3 Å². The van der Waals surface area contributed by atoms with Crippen LogP contribution >= 0.6 is 0 Å². The van der Waals surface area contributed by atoms with E-state index >= 15 is 0 Å². The number of rotatable bonds is 5. The van der Waals surface area contributed by atoms with Crippen molar-refractivity contribution in [1.82, 2.24) is 9.55 Å². The first-order valence-corrected chi connectivity index (χ1v) is 7.36. The molecule has 23 heavy (non-hydrogen) atoms. The summed E-state index contributed by atoms with van der Waals surface area (Å²) in [5, 5.41) is 5.92. The summed E-state index contributed by atoms with van der Waals surface area (Å²) in [5.74, 6) is 0.379. The van der Waals surface area contributed by atoms with Gasteiger partial charge in [0.05, 0.1) is 6.21 Å². The molecule has 1 heterocycles. The number of hydrazone groups is 1. The average Bonchev–Trinajstić information content (AvgIpc) is 2.54. The number of hydrogen-bond donors (Lipinski definition) is 1. The number of anilines is 1. The van der Waals surface area contributed by atoms with E-state index in [9.17, 15) is 9.59 Å². The molecular weight excluding hydrogens is 292 g/mol. The first-order valence-electron chi connectivity index (χ1n) is 7.36. The van der Waals surface area contributed by atoms with Crippen LogP contribution in [0.3, 0.4) is 0 Å². The number of benzene rings is 1. The highest BCUT2D eigenvalue weighted by atomic mass is 16.2. The number of H-pyrrole nitrogens is 1. The second-order valence-electron chi connectivity index (χ2n) is 5.12. The van der Waals surface area contributed by atoms with Crippen LogP contribution in [-0.2, 0) is 7.05 Å². The van der Waals surface area contributed by atoms with Crippen molar-refractivity contribution in [2.75, 3.05) is 11.6 Å². The first kappa shape index (κ1) is 16.5. The lowest BCUT2D eigenvalue weighted by molar-refractivity contribution is 0.756. The Balaban J connectivity index is 2.24. The molecule has 2 aromatic rings. The highest BCUT2D eigenvalue weighted by Crippen LogP contribution is 2.08. The van der Waals surface area contributed by atoms with Gasteiger partial charge in [-0.1, -0.05) is 36.4 Å². The minimum Gasteiger partial charge on any atom is -0.292 e. The third-order valence-electron chi connectivity index (χ3n) is 3.30. The highest BCUT2D eigenvalue weighted by Gasteiger charge is 2.06. The summed E-state index contributed by atoms with van der Waals surface area (Å²) in [5.41, 5.74) is 1.22. The molecule has 0 aliphatic rings.